The molecule has 0 spiro atoms. The van der Waals surface area contributed by atoms with E-state index in [2.05, 4.69) is 20.1 Å². The highest BCUT2D eigenvalue weighted by molar-refractivity contribution is 8.00. The van der Waals surface area contributed by atoms with Gasteiger partial charge in [0.25, 0.3) is 0 Å². The highest BCUT2D eigenvalue weighted by atomic mass is 32.2. The summed E-state index contributed by atoms with van der Waals surface area (Å²) in [6.45, 7) is 1.92. The number of hydrogen-bond donors (Lipinski definition) is 1. The van der Waals surface area contributed by atoms with Crippen LogP contribution < -0.4 is 5.32 Å². The van der Waals surface area contributed by atoms with Crippen LogP contribution in [0, 0.1) is 0 Å². The summed E-state index contributed by atoms with van der Waals surface area (Å²) in [4.78, 5) is 12.9. The van der Waals surface area contributed by atoms with Crippen molar-refractivity contribution in [1.82, 2.24) is 20.1 Å². The molecule has 1 amide bonds. The van der Waals surface area contributed by atoms with Crippen molar-refractivity contribution in [2.75, 3.05) is 0 Å². The van der Waals surface area contributed by atoms with Crippen molar-refractivity contribution >= 4 is 17.7 Å². The Hall–Kier alpha value is -2.60. The van der Waals surface area contributed by atoms with Crippen LogP contribution in [-0.2, 0) is 4.79 Å². The summed E-state index contributed by atoms with van der Waals surface area (Å²) in [6.07, 6.45) is 4.09. The minimum atomic E-state index is -0.262. The third-order valence-corrected chi connectivity index (χ3v) is 5.76. The van der Waals surface area contributed by atoms with Crippen LogP contribution >= 0.6 is 11.8 Å². The Kier molecular flexibility index (Phi) is 5.25. The number of thioether (sulfide) groups is 1. The third kappa shape index (κ3) is 4.22. The molecule has 3 aromatic rings. The Balaban J connectivity index is 1.50. The molecule has 1 fully saturated rings. The molecule has 1 unspecified atom stereocenters. The summed E-state index contributed by atoms with van der Waals surface area (Å²) in [6, 6.07) is 20.4. The Labute approximate surface area is 163 Å². The van der Waals surface area contributed by atoms with Gasteiger partial charge in [-0.05, 0) is 30.9 Å². The minimum absolute atomic E-state index is 0.0111. The van der Waals surface area contributed by atoms with Crippen molar-refractivity contribution in [3.8, 4) is 0 Å². The second kappa shape index (κ2) is 7.96. The fraction of sp³-hybridized carbons (Fsp3) is 0.286. The molecular formula is C21H22N4OS. The standard InChI is InChI=1S/C21H22N4OS/c1-15(27-21-24-22-14-25(21)18-12-13-18)20(26)23-19(16-8-4-2-5-9-16)17-10-6-3-7-11-17/h2-11,14-15,18-19H,12-13H2,1H3,(H,23,26). The normalized spacial score (nSPS) is 14.9. The van der Waals surface area contributed by atoms with Gasteiger partial charge in [0.05, 0.1) is 11.3 Å². The van der Waals surface area contributed by atoms with Crippen molar-refractivity contribution in [2.45, 2.75) is 42.3 Å². The van der Waals surface area contributed by atoms with Crippen molar-refractivity contribution < 1.29 is 4.79 Å². The van der Waals surface area contributed by atoms with Gasteiger partial charge in [0.2, 0.25) is 5.91 Å². The smallest absolute Gasteiger partial charge is 0.234 e. The number of rotatable bonds is 7. The molecule has 1 aromatic heterocycles. The lowest BCUT2D eigenvalue weighted by Crippen LogP contribution is -2.35. The summed E-state index contributed by atoms with van der Waals surface area (Å²) in [5, 5.41) is 12.0. The average Bonchev–Trinajstić information content (AvgIpc) is 3.46. The van der Waals surface area contributed by atoms with Crippen molar-refractivity contribution in [2.24, 2.45) is 0 Å². The predicted octanol–water partition coefficient (Wildman–Crippen LogP) is 4.00. The zero-order chi connectivity index (χ0) is 18.6. The first kappa shape index (κ1) is 17.8. The van der Waals surface area contributed by atoms with E-state index in [1.165, 1.54) is 11.8 Å². The maximum absolute atomic E-state index is 12.9. The number of aromatic nitrogens is 3. The van der Waals surface area contributed by atoms with E-state index in [4.69, 9.17) is 0 Å². The molecule has 5 nitrogen and oxygen atoms in total. The zero-order valence-corrected chi connectivity index (χ0v) is 16.0. The monoisotopic (exact) mass is 378 g/mol. The largest absolute Gasteiger partial charge is 0.344 e. The summed E-state index contributed by atoms with van der Waals surface area (Å²) >= 11 is 1.46. The van der Waals surface area contributed by atoms with Crippen LogP contribution in [0.4, 0.5) is 0 Å². The second-order valence-corrected chi connectivity index (χ2v) is 8.08. The summed E-state index contributed by atoms with van der Waals surface area (Å²) in [5.74, 6) is -0.0111. The van der Waals surface area contributed by atoms with Gasteiger partial charge in [-0.2, -0.15) is 0 Å². The van der Waals surface area contributed by atoms with E-state index in [0.717, 1.165) is 29.1 Å². The summed E-state index contributed by atoms with van der Waals surface area (Å²) in [5.41, 5.74) is 2.13. The quantitative estimate of drug-likeness (QED) is 0.631. The fourth-order valence-corrected chi connectivity index (χ4v) is 3.94. The molecule has 1 N–H and O–H groups in total. The molecule has 0 radical (unpaired) electrons. The van der Waals surface area contributed by atoms with Crippen LogP contribution in [0.2, 0.25) is 0 Å². The van der Waals surface area contributed by atoms with Gasteiger partial charge in [0.1, 0.15) is 6.33 Å². The van der Waals surface area contributed by atoms with E-state index in [9.17, 15) is 4.79 Å². The number of nitrogens with one attached hydrogen (secondary N) is 1. The fourth-order valence-electron chi connectivity index (χ4n) is 3.04. The van der Waals surface area contributed by atoms with Gasteiger partial charge in [0.15, 0.2) is 5.16 Å². The molecule has 1 saturated carbocycles. The van der Waals surface area contributed by atoms with Crippen molar-refractivity contribution in [1.29, 1.82) is 0 Å². The Morgan fingerprint density at radius 3 is 2.22 bits per heavy atom. The molecule has 6 heteroatoms. The lowest BCUT2D eigenvalue weighted by atomic mass is 9.98. The van der Waals surface area contributed by atoms with E-state index in [-0.39, 0.29) is 17.2 Å². The minimum Gasteiger partial charge on any atom is -0.344 e. The molecule has 1 aliphatic rings. The molecule has 0 saturated heterocycles. The van der Waals surface area contributed by atoms with E-state index < -0.39 is 0 Å². The van der Waals surface area contributed by atoms with Crippen LogP contribution in [0.5, 0.6) is 0 Å². The molecule has 0 aliphatic heterocycles. The predicted molar refractivity (Wildman–Crippen MR) is 106 cm³/mol. The van der Waals surface area contributed by atoms with E-state index >= 15 is 0 Å². The first-order valence-electron chi connectivity index (χ1n) is 9.19. The topological polar surface area (TPSA) is 59.8 Å². The van der Waals surface area contributed by atoms with Crippen LogP contribution in [0.1, 0.15) is 43.0 Å². The zero-order valence-electron chi connectivity index (χ0n) is 15.2. The SMILES string of the molecule is CC(Sc1nncn1C1CC1)C(=O)NC(c1ccccc1)c1ccccc1. The van der Waals surface area contributed by atoms with Crippen LogP contribution in [0.3, 0.4) is 0 Å². The van der Waals surface area contributed by atoms with Gasteiger partial charge in [0, 0.05) is 6.04 Å². The van der Waals surface area contributed by atoms with Gasteiger partial charge >= 0.3 is 0 Å². The number of benzene rings is 2. The van der Waals surface area contributed by atoms with Crippen molar-refractivity contribution in [3.63, 3.8) is 0 Å². The van der Waals surface area contributed by atoms with Gasteiger partial charge < -0.3 is 9.88 Å². The van der Waals surface area contributed by atoms with Gasteiger partial charge in [-0.3, -0.25) is 4.79 Å². The Bertz CT molecular complexity index is 853. The van der Waals surface area contributed by atoms with E-state index in [1.807, 2.05) is 67.6 Å². The van der Waals surface area contributed by atoms with E-state index in [1.54, 1.807) is 6.33 Å². The maximum Gasteiger partial charge on any atom is 0.234 e. The van der Waals surface area contributed by atoms with Gasteiger partial charge in [-0.25, -0.2) is 0 Å². The number of amides is 1. The van der Waals surface area contributed by atoms with E-state index in [0.29, 0.717) is 6.04 Å². The van der Waals surface area contributed by atoms with Crippen LogP contribution in [0.25, 0.3) is 0 Å². The molecule has 2 aromatic carbocycles. The van der Waals surface area contributed by atoms with Gasteiger partial charge in [-0.15, -0.1) is 10.2 Å². The lowest BCUT2D eigenvalue weighted by molar-refractivity contribution is -0.120. The molecule has 1 atom stereocenters. The van der Waals surface area contributed by atoms with Crippen molar-refractivity contribution in [3.05, 3.63) is 78.1 Å². The van der Waals surface area contributed by atoms with Crippen LogP contribution in [0.15, 0.2) is 72.1 Å². The van der Waals surface area contributed by atoms with Gasteiger partial charge in [-0.1, -0.05) is 72.4 Å². The number of carbonyl (C=O) groups is 1. The number of hydrogen-bond acceptors (Lipinski definition) is 4. The lowest BCUT2D eigenvalue weighted by Gasteiger charge is -2.22. The molecule has 138 valence electrons. The molecule has 1 heterocycles. The Morgan fingerprint density at radius 1 is 1.07 bits per heavy atom. The molecular weight excluding hydrogens is 356 g/mol. The highest BCUT2D eigenvalue weighted by Crippen LogP contribution is 2.38. The first-order valence-corrected chi connectivity index (χ1v) is 10.1. The molecule has 1 aliphatic carbocycles. The number of carbonyl (C=O) groups excluding carboxylic acids is 1. The first-order chi connectivity index (χ1) is 13.2. The third-order valence-electron chi connectivity index (χ3n) is 4.68. The average molecular weight is 379 g/mol. The van der Waals surface area contributed by atoms with Crippen LogP contribution in [-0.4, -0.2) is 25.9 Å². The molecule has 4 rings (SSSR count). The summed E-state index contributed by atoms with van der Waals surface area (Å²) in [7, 11) is 0. The second-order valence-electron chi connectivity index (χ2n) is 6.78. The summed E-state index contributed by atoms with van der Waals surface area (Å²) < 4.78 is 2.08. The molecule has 0 bridgehead atoms. The maximum atomic E-state index is 12.9. The highest BCUT2D eigenvalue weighted by Gasteiger charge is 2.28. The Morgan fingerprint density at radius 2 is 1.67 bits per heavy atom. The number of nitrogens with zero attached hydrogens (tertiary/aromatic N) is 3. The molecule has 27 heavy (non-hydrogen) atoms.